The van der Waals surface area contributed by atoms with E-state index in [1.807, 2.05) is 0 Å². The molecule has 0 aliphatic heterocycles. The molecule has 0 bridgehead atoms. The van der Waals surface area contributed by atoms with E-state index >= 15 is 0 Å². The smallest absolute Gasteiger partial charge is 0.290 e. The van der Waals surface area contributed by atoms with E-state index < -0.39 is 11.6 Å². The number of benzene rings is 1. The largest absolute Gasteiger partial charge is 0.404 e. The first-order valence-corrected chi connectivity index (χ1v) is 9.80. The Hall–Kier alpha value is -3.03. The normalized spacial score (nSPS) is 21.9. The summed E-state index contributed by atoms with van der Waals surface area (Å²) in [4.78, 5) is 17.2. The number of nitrogens with zero attached hydrogens (tertiary/aromatic N) is 2. The molecule has 0 saturated heterocycles. The van der Waals surface area contributed by atoms with Crippen LogP contribution in [0.1, 0.15) is 53.9 Å². The number of aliphatic imine (C=N–C) groups is 1. The summed E-state index contributed by atoms with van der Waals surface area (Å²) in [6, 6.07) is 2.87. The van der Waals surface area contributed by atoms with Gasteiger partial charge in [-0.15, -0.1) is 0 Å². The zero-order valence-electron chi connectivity index (χ0n) is 15.9. The van der Waals surface area contributed by atoms with E-state index in [2.05, 4.69) is 15.5 Å². The molecule has 1 heterocycles. The number of aryl methyl sites for hydroxylation is 1. The average molecular weight is 400 g/mol. The fourth-order valence-electron chi connectivity index (χ4n) is 3.97. The number of halogens is 2. The second-order valence-electron chi connectivity index (χ2n) is 7.34. The minimum Gasteiger partial charge on any atom is -0.404 e. The number of fused-ring (bicyclic) bond motifs is 1. The number of aromatic nitrogens is 1. The van der Waals surface area contributed by atoms with Crippen molar-refractivity contribution in [3.63, 3.8) is 0 Å². The molecule has 1 amide bonds. The first kappa shape index (κ1) is 19.3. The number of nitrogens with two attached hydrogens (primary N) is 1. The SMILES string of the molecule is NC=C1C(=Nc2ccc(F)cc2F)CCCC1NC(=O)c1onc2c1CCCC2. The summed E-state index contributed by atoms with van der Waals surface area (Å²) in [7, 11) is 0. The molecule has 0 spiro atoms. The van der Waals surface area contributed by atoms with Gasteiger partial charge in [-0.1, -0.05) is 5.16 Å². The maximum absolute atomic E-state index is 14.0. The molecule has 1 fully saturated rings. The highest BCUT2D eigenvalue weighted by molar-refractivity contribution is 6.04. The summed E-state index contributed by atoms with van der Waals surface area (Å²) in [6.45, 7) is 0. The fourth-order valence-corrected chi connectivity index (χ4v) is 3.97. The molecule has 1 aromatic carbocycles. The first-order chi connectivity index (χ1) is 14.1. The van der Waals surface area contributed by atoms with E-state index in [0.717, 1.165) is 55.5 Å². The molecular weight excluding hydrogens is 378 g/mol. The van der Waals surface area contributed by atoms with Gasteiger partial charge in [-0.25, -0.2) is 13.8 Å². The third-order valence-electron chi connectivity index (χ3n) is 5.43. The Kier molecular flexibility index (Phi) is 5.42. The fraction of sp³-hybridized carbons (Fsp3) is 0.381. The molecular formula is C21H22F2N4O2. The summed E-state index contributed by atoms with van der Waals surface area (Å²) in [5.41, 5.74) is 8.80. The average Bonchev–Trinajstić information content (AvgIpc) is 3.14. The lowest BCUT2D eigenvalue weighted by Gasteiger charge is -2.27. The molecule has 6 nitrogen and oxygen atoms in total. The van der Waals surface area contributed by atoms with E-state index in [9.17, 15) is 13.6 Å². The molecule has 2 aromatic rings. The quantitative estimate of drug-likeness (QED) is 0.821. The lowest BCUT2D eigenvalue weighted by atomic mass is 9.88. The Labute approximate surface area is 166 Å². The van der Waals surface area contributed by atoms with Crippen molar-refractivity contribution in [1.82, 2.24) is 10.5 Å². The van der Waals surface area contributed by atoms with Gasteiger partial charge in [0, 0.05) is 29.1 Å². The number of carbonyl (C=O) groups excluding carboxylic acids is 1. The van der Waals surface area contributed by atoms with E-state index in [-0.39, 0.29) is 23.4 Å². The van der Waals surface area contributed by atoms with Gasteiger partial charge >= 0.3 is 0 Å². The van der Waals surface area contributed by atoms with Gasteiger partial charge in [-0.05, 0) is 57.1 Å². The number of amides is 1. The van der Waals surface area contributed by atoms with E-state index in [1.54, 1.807) is 0 Å². The van der Waals surface area contributed by atoms with Crippen LogP contribution < -0.4 is 11.1 Å². The van der Waals surface area contributed by atoms with Crippen molar-refractivity contribution >= 4 is 17.3 Å². The van der Waals surface area contributed by atoms with Crippen molar-refractivity contribution < 1.29 is 18.1 Å². The summed E-state index contributed by atoms with van der Waals surface area (Å²) in [6.07, 6.45) is 7.06. The van der Waals surface area contributed by atoms with Crippen LogP contribution in [0.2, 0.25) is 0 Å². The maximum Gasteiger partial charge on any atom is 0.290 e. The van der Waals surface area contributed by atoms with Crippen molar-refractivity contribution in [1.29, 1.82) is 0 Å². The molecule has 29 heavy (non-hydrogen) atoms. The molecule has 1 saturated carbocycles. The third-order valence-corrected chi connectivity index (χ3v) is 5.43. The van der Waals surface area contributed by atoms with E-state index in [0.29, 0.717) is 24.1 Å². The Balaban J connectivity index is 1.55. The number of rotatable bonds is 3. The second kappa shape index (κ2) is 8.14. The Morgan fingerprint density at radius 2 is 2.07 bits per heavy atom. The predicted molar refractivity (Wildman–Crippen MR) is 104 cm³/mol. The standard InChI is InChI=1S/C21H22F2N4O2/c22-12-8-9-19(15(23)10-12)25-16-6-3-7-17(14(16)11-24)26-21(28)20-13-4-1-2-5-18(13)27-29-20/h8-11,17H,1-7,24H2,(H,26,28). The van der Waals surface area contributed by atoms with Crippen molar-refractivity contribution in [2.75, 3.05) is 0 Å². The van der Waals surface area contributed by atoms with Crippen molar-refractivity contribution in [3.8, 4) is 0 Å². The van der Waals surface area contributed by atoms with Crippen LogP contribution in [0.15, 0.2) is 39.5 Å². The van der Waals surface area contributed by atoms with Crippen LogP contribution in [0.25, 0.3) is 0 Å². The number of nitrogens with one attached hydrogen (secondary N) is 1. The maximum atomic E-state index is 14.0. The lowest BCUT2D eigenvalue weighted by Crippen LogP contribution is -2.41. The van der Waals surface area contributed by atoms with Gasteiger partial charge in [0.2, 0.25) is 5.76 Å². The predicted octanol–water partition coefficient (Wildman–Crippen LogP) is 3.73. The summed E-state index contributed by atoms with van der Waals surface area (Å²) in [5.74, 6) is -1.48. The summed E-state index contributed by atoms with van der Waals surface area (Å²) < 4.78 is 32.5. The van der Waals surface area contributed by atoms with Crippen LogP contribution in [-0.2, 0) is 12.8 Å². The summed E-state index contributed by atoms with van der Waals surface area (Å²) in [5, 5.41) is 6.98. The minimum absolute atomic E-state index is 0.0389. The van der Waals surface area contributed by atoms with Crippen LogP contribution in [0.5, 0.6) is 0 Å². The van der Waals surface area contributed by atoms with Crippen LogP contribution in [-0.4, -0.2) is 22.8 Å². The molecule has 1 unspecified atom stereocenters. The molecule has 4 rings (SSSR count). The number of hydrogen-bond acceptors (Lipinski definition) is 5. The van der Waals surface area contributed by atoms with Gasteiger partial charge in [0.05, 0.1) is 17.4 Å². The molecule has 1 atom stereocenters. The Bertz CT molecular complexity index is 997. The molecule has 2 aliphatic carbocycles. The highest BCUT2D eigenvalue weighted by atomic mass is 19.1. The number of hydrogen-bond donors (Lipinski definition) is 2. The van der Waals surface area contributed by atoms with E-state index in [4.69, 9.17) is 10.3 Å². The zero-order chi connectivity index (χ0) is 20.4. The zero-order valence-corrected chi connectivity index (χ0v) is 15.9. The molecule has 1 aromatic heterocycles. The van der Waals surface area contributed by atoms with Crippen LogP contribution in [0.4, 0.5) is 14.5 Å². The summed E-state index contributed by atoms with van der Waals surface area (Å²) >= 11 is 0. The van der Waals surface area contributed by atoms with Crippen molar-refractivity contribution in [2.45, 2.75) is 51.0 Å². The monoisotopic (exact) mass is 400 g/mol. The van der Waals surface area contributed by atoms with Gasteiger partial charge in [-0.3, -0.25) is 4.79 Å². The Morgan fingerprint density at radius 3 is 2.86 bits per heavy atom. The lowest BCUT2D eigenvalue weighted by molar-refractivity contribution is 0.0902. The van der Waals surface area contributed by atoms with E-state index in [1.165, 1.54) is 12.3 Å². The molecule has 2 aliphatic rings. The van der Waals surface area contributed by atoms with Gasteiger partial charge in [-0.2, -0.15) is 0 Å². The third kappa shape index (κ3) is 3.92. The van der Waals surface area contributed by atoms with Crippen LogP contribution in [0, 0.1) is 11.6 Å². The topological polar surface area (TPSA) is 93.5 Å². The molecule has 8 heteroatoms. The Morgan fingerprint density at radius 1 is 1.24 bits per heavy atom. The van der Waals surface area contributed by atoms with Crippen LogP contribution >= 0.6 is 0 Å². The highest BCUT2D eigenvalue weighted by Gasteiger charge is 2.30. The van der Waals surface area contributed by atoms with Gasteiger partial charge in [0.25, 0.3) is 5.91 Å². The van der Waals surface area contributed by atoms with Crippen LogP contribution in [0.3, 0.4) is 0 Å². The first-order valence-electron chi connectivity index (χ1n) is 9.80. The van der Waals surface area contributed by atoms with Gasteiger partial charge < -0.3 is 15.6 Å². The molecule has 152 valence electrons. The molecule has 3 N–H and O–H groups in total. The van der Waals surface area contributed by atoms with Gasteiger partial charge in [0.1, 0.15) is 5.82 Å². The van der Waals surface area contributed by atoms with Gasteiger partial charge in [0.15, 0.2) is 5.82 Å². The van der Waals surface area contributed by atoms with Crippen molar-refractivity contribution in [2.24, 2.45) is 10.7 Å². The van der Waals surface area contributed by atoms with Crippen molar-refractivity contribution in [3.05, 3.63) is 58.6 Å². The number of carbonyl (C=O) groups is 1. The highest BCUT2D eigenvalue weighted by Crippen LogP contribution is 2.28. The second-order valence-corrected chi connectivity index (χ2v) is 7.34. The molecule has 0 radical (unpaired) electrons. The minimum atomic E-state index is -0.742.